The molecule has 1 aliphatic heterocycles. The highest BCUT2D eigenvalue weighted by atomic mass is 14.7. The van der Waals surface area contributed by atoms with Gasteiger partial charge in [0.05, 0.1) is 5.41 Å². The van der Waals surface area contributed by atoms with Gasteiger partial charge in [0.2, 0.25) is 0 Å². The van der Waals surface area contributed by atoms with Gasteiger partial charge in [-0.05, 0) is 34.4 Å². The van der Waals surface area contributed by atoms with Crippen LogP contribution in [0.4, 0.5) is 0 Å². The second-order valence-corrected chi connectivity index (χ2v) is 4.57. The number of hydrogen-bond donors (Lipinski definition) is 0. The Hall–Kier alpha value is -2.15. The molecule has 1 unspecified atom stereocenters. The number of benzene rings is 1. The van der Waals surface area contributed by atoms with Crippen LogP contribution < -0.4 is 0 Å². The van der Waals surface area contributed by atoms with E-state index in [0.29, 0.717) is 0 Å². The summed E-state index contributed by atoms with van der Waals surface area (Å²) in [4.78, 5) is 4.25. The molecule has 0 saturated carbocycles. The summed E-state index contributed by atoms with van der Waals surface area (Å²) in [7, 11) is 0. The Labute approximate surface area is 100 Å². The summed E-state index contributed by atoms with van der Waals surface area (Å²) < 4.78 is 0. The Morgan fingerprint density at radius 3 is 3.00 bits per heavy atom. The van der Waals surface area contributed by atoms with Crippen LogP contribution in [0.1, 0.15) is 11.1 Å². The molecule has 4 rings (SSSR count). The van der Waals surface area contributed by atoms with Crippen molar-refractivity contribution in [3.05, 3.63) is 77.0 Å². The zero-order valence-electron chi connectivity index (χ0n) is 9.30. The van der Waals surface area contributed by atoms with E-state index >= 15 is 0 Å². The largest absolute Gasteiger partial charge is 0.265 e. The first kappa shape index (κ1) is 8.94. The van der Waals surface area contributed by atoms with Crippen molar-refractivity contribution in [1.29, 1.82) is 0 Å². The number of allylic oxidation sites excluding steroid dienone is 6. The van der Waals surface area contributed by atoms with Gasteiger partial charge in [0.1, 0.15) is 0 Å². The molecule has 2 aliphatic carbocycles. The highest BCUT2D eigenvalue weighted by Gasteiger charge is 2.42. The van der Waals surface area contributed by atoms with E-state index in [0.717, 1.165) is 0 Å². The van der Waals surface area contributed by atoms with Gasteiger partial charge in [-0.15, -0.1) is 0 Å². The lowest BCUT2D eigenvalue weighted by Crippen LogP contribution is -2.29. The monoisotopic (exact) mass is 217 g/mol. The number of rotatable bonds is 0. The molecule has 17 heavy (non-hydrogen) atoms. The van der Waals surface area contributed by atoms with E-state index < -0.39 is 0 Å². The van der Waals surface area contributed by atoms with Crippen LogP contribution in [0.2, 0.25) is 0 Å². The normalized spacial score (nSPS) is 27.1. The predicted octanol–water partition coefficient (Wildman–Crippen LogP) is 3.42. The average molecular weight is 217 g/mol. The van der Waals surface area contributed by atoms with Gasteiger partial charge >= 0.3 is 0 Å². The highest BCUT2D eigenvalue weighted by Crippen LogP contribution is 2.50. The van der Waals surface area contributed by atoms with Crippen LogP contribution in [0.5, 0.6) is 0 Å². The number of fused-ring (bicyclic) bond motifs is 1. The molecule has 1 nitrogen and oxygen atoms in total. The van der Waals surface area contributed by atoms with Crippen LogP contribution in [0.15, 0.2) is 70.9 Å². The van der Waals surface area contributed by atoms with Gasteiger partial charge in [-0.25, -0.2) is 0 Å². The third-order valence-corrected chi connectivity index (χ3v) is 3.78. The van der Waals surface area contributed by atoms with E-state index in [1.165, 1.54) is 22.3 Å². The summed E-state index contributed by atoms with van der Waals surface area (Å²) >= 11 is 0. The van der Waals surface area contributed by atoms with Crippen LogP contribution in [-0.2, 0) is 5.41 Å². The van der Waals surface area contributed by atoms with Crippen molar-refractivity contribution in [1.82, 2.24) is 0 Å². The number of aliphatic imine (C=N–C) groups is 1. The number of nitrogens with zero attached hydrogens (tertiary/aromatic N) is 1. The van der Waals surface area contributed by atoms with Crippen molar-refractivity contribution >= 4 is 12.3 Å². The van der Waals surface area contributed by atoms with E-state index in [9.17, 15) is 0 Å². The lowest BCUT2D eigenvalue weighted by molar-refractivity contribution is 0.795. The lowest BCUT2D eigenvalue weighted by atomic mass is 9.69. The molecule has 0 fully saturated rings. The van der Waals surface area contributed by atoms with Crippen molar-refractivity contribution in [2.24, 2.45) is 4.99 Å². The molecule has 0 N–H and O–H groups in total. The molecule has 0 radical (unpaired) electrons. The van der Waals surface area contributed by atoms with Gasteiger partial charge in [-0.3, -0.25) is 4.99 Å². The second kappa shape index (κ2) is 2.95. The predicted molar refractivity (Wildman–Crippen MR) is 71.0 cm³/mol. The summed E-state index contributed by atoms with van der Waals surface area (Å²) in [6, 6.07) is 8.60. The molecule has 1 heteroatoms. The molecule has 0 amide bonds. The molecule has 0 saturated heterocycles. The fraction of sp³-hybridized carbons (Fsp3) is 0.0625. The standard InChI is InChI=1S/C16H11N/c1-2-7-15-12(4-1)10-13-5-3-6-14-11-17-9-8-16(13,14)15/h1-11H. The molecule has 1 spiro atoms. The minimum atomic E-state index is -0.0763. The fourth-order valence-electron chi connectivity index (χ4n) is 3.01. The maximum absolute atomic E-state index is 4.25. The summed E-state index contributed by atoms with van der Waals surface area (Å²) in [6.07, 6.45) is 14.8. The van der Waals surface area contributed by atoms with Crippen LogP contribution in [0.25, 0.3) is 6.08 Å². The quantitative estimate of drug-likeness (QED) is 0.631. The Balaban J connectivity index is 2.10. The van der Waals surface area contributed by atoms with Crippen LogP contribution in [-0.4, -0.2) is 6.21 Å². The highest BCUT2D eigenvalue weighted by molar-refractivity contribution is 5.93. The molecule has 1 aromatic rings. The van der Waals surface area contributed by atoms with E-state index in [2.05, 4.69) is 59.6 Å². The second-order valence-electron chi connectivity index (χ2n) is 4.57. The third kappa shape index (κ3) is 0.967. The topological polar surface area (TPSA) is 12.4 Å². The minimum Gasteiger partial charge on any atom is -0.265 e. The number of hydrogen-bond acceptors (Lipinski definition) is 1. The van der Waals surface area contributed by atoms with Gasteiger partial charge in [0.15, 0.2) is 0 Å². The van der Waals surface area contributed by atoms with E-state index in [4.69, 9.17) is 0 Å². The van der Waals surface area contributed by atoms with Crippen molar-refractivity contribution in [3.63, 3.8) is 0 Å². The first-order chi connectivity index (χ1) is 8.41. The minimum absolute atomic E-state index is 0.0763. The first-order valence-corrected chi connectivity index (χ1v) is 5.83. The molecule has 0 aromatic heterocycles. The maximum atomic E-state index is 4.25. The Kier molecular flexibility index (Phi) is 1.55. The summed E-state index contributed by atoms with van der Waals surface area (Å²) in [6.45, 7) is 0. The average Bonchev–Trinajstić information content (AvgIpc) is 2.71. The Bertz CT molecular complexity index is 656. The molecular formula is C16H11N. The zero-order chi connectivity index (χ0) is 11.3. The van der Waals surface area contributed by atoms with Gasteiger partial charge < -0.3 is 0 Å². The molecule has 1 heterocycles. The van der Waals surface area contributed by atoms with Crippen molar-refractivity contribution < 1.29 is 0 Å². The molecule has 80 valence electrons. The first-order valence-electron chi connectivity index (χ1n) is 5.83. The lowest BCUT2D eigenvalue weighted by Gasteiger charge is -2.34. The van der Waals surface area contributed by atoms with Gasteiger partial charge in [-0.2, -0.15) is 0 Å². The van der Waals surface area contributed by atoms with E-state index in [1.807, 2.05) is 12.4 Å². The van der Waals surface area contributed by atoms with Crippen LogP contribution in [0, 0.1) is 0 Å². The summed E-state index contributed by atoms with van der Waals surface area (Å²) in [5.74, 6) is 0. The molecule has 0 bridgehead atoms. The van der Waals surface area contributed by atoms with Crippen LogP contribution >= 0.6 is 0 Å². The zero-order valence-corrected chi connectivity index (χ0v) is 9.30. The molecular weight excluding hydrogens is 206 g/mol. The van der Waals surface area contributed by atoms with E-state index in [1.54, 1.807) is 0 Å². The summed E-state index contributed by atoms with van der Waals surface area (Å²) in [5.41, 5.74) is 5.22. The van der Waals surface area contributed by atoms with Crippen molar-refractivity contribution in [3.8, 4) is 0 Å². The Morgan fingerprint density at radius 1 is 1.06 bits per heavy atom. The molecule has 3 aliphatic rings. The smallest absolute Gasteiger partial charge is 0.0670 e. The molecule has 1 atom stereocenters. The summed E-state index contributed by atoms with van der Waals surface area (Å²) in [5, 5.41) is 0. The van der Waals surface area contributed by atoms with Gasteiger partial charge in [0, 0.05) is 12.4 Å². The maximum Gasteiger partial charge on any atom is 0.0670 e. The van der Waals surface area contributed by atoms with Gasteiger partial charge in [-0.1, -0.05) is 42.5 Å². The third-order valence-electron chi connectivity index (χ3n) is 3.78. The fourth-order valence-corrected chi connectivity index (χ4v) is 3.01. The Morgan fingerprint density at radius 2 is 2.00 bits per heavy atom. The van der Waals surface area contributed by atoms with E-state index in [-0.39, 0.29) is 5.41 Å². The van der Waals surface area contributed by atoms with Crippen molar-refractivity contribution in [2.45, 2.75) is 5.41 Å². The van der Waals surface area contributed by atoms with Crippen LogP contribution in [0.3, 0.4) is 0 Å². The SMILES string of the molecule is C1=CC2=Cc3ccccc3C23C=CN=CC3=C1. The molecule has 1 aromatic carbocycles. The van der Waals surface area contributed by atoms with Crippen molar-refractivity contribution in [2.75, 3.05) is 0 Å². The van der Waals surface area contributed by atoms with Gasteiger partial charge in [0.25, 0.3) is 0 Å².